The van der Waals surface area contributed by atoms with E-state index in [1.165, 1.54) is 11.1 Å². The fraction of sp³-hybridized carbons (Fsp3) is 0.462. The molecular weight excluding hydrogens is 527 g/mol. The molecule has 1 fully saturated rings. The Morgan fingerprint density at radius 1 is 1.09 bits per heavy atom. The number of hydrogen-bond donors (Lipinski definition) is 2. The Labute approximate surface area is 215 Å². The average molecular weight is 565 g/mol. The van der Waals surface area contributed by atoms with Crippen molar-refractivity contribution < 1.29 is 9.53 Å². The van der Waals surface area contributed by atoms with Gasteiger partial charge >= 0.3 is 0 Å². The molecule has 2 N–H and O–H groups in total. The van der Waals surface area contributed by atoms with Gasteiger partial charge in [0.05, 0.1) is 12.6 Å². The zero-order chi connectivity index (χ0) is 22.6. The van der Waals surface area contributed by atoms with E-state index in [2.05, 4.69) is 60.9 Å². The fourth-order valence-corrected chi connectivity index (χ4v) is 3.71. The van der Waals surface area contributed by atoms with Crippen molar-refractivity contribution in [1.29, 1.82) is 0 Å². The normalized spacial score (nSPS) is 14.7. The van der Waals surface area contributed by atoms with Crippen LogP contribution in [0.1, 0.15) is 55.9 Å². The number of ether oxygens (including phenoxy) is 1. The summed E-state index contributed by atoms with van der Waals surface area (Å²) in [6.45, 7) is 8.66. The average Bonchev–Trinajstić information content (AvgIpc) is 3.22. The molecule has 0 spiro atoms. The van der Waals surface area contributed by atoms with Crippen LogP contribution in [0.5, 0.6) is 0 Å². The third kappa shape index (κ3) is 9.33. The number of guanidine groups is 1. The monoisotopic (exact) mass is 564 g/mol. The highest BCUT2D eigenvalue weighted by Crippen LogP contribution is 2.16. The minimum Gasteiger partial charge on any atom is -0.374 e. The molecule has 0 aliphatic carbocycles. The van der Waals surface area contributed by atoms with Gasteiger partial charge < -0.3 is 20.3 Å². The molecule has 0 radical (unpaired) electrons. The number of likely N-dealkylation sites (tertiary alicyclic amines) is 1. The van der Waals surface area contributed by atoms with Crippen LogP contribution in [-0.4, -0.2) is 43.0 Å². The lowest BCUT2D eigenvalue weighted by Crippen LogP contribution is -2.38. The molecule has 1 saturated heterocycles. The van der Waals surface area contributed by atoms with Gasteiger partial charge in [-0.3, -0.25) is 4.79 Å². The number of amides is 1. The maximum absolute atomic E-state index is 11.8. The van der Waals surface area contributed by atoms with E-state index in [4.69, 9.17) is 9.73 Å². The second kappa shape index (κ2) is 14.9. The summed E-state index contributed by atoms with van der Waals surface area (Å²) in [5.41, 5.74) is 3.52. The highest BCUT2D eigenvalue weighted by Gasteiger charge is 2.19. The second-order valence-corrected chi connectivity index (χ2v) is 8.13. The van der Waals surface area contributed by atoms with Crippen LogP contribution in [0.3, 0.4) is 0 Å². The summed E-state index contributed by atoms with van der Waals surface area (Å²) in [4.78, 5) is 18.4. The Morgan fingerprint density at radius 2 is 1.82 bits per heavy atom. The van der Waals surface area contributed by atoms with Crippen LogP contribution in [0, 0.1) is 0 Å². The first-order valence-corrected chi connectivity index (χ1v) is 11.7. The first kappa shape index (κ1) is 27.1. The lowest BCUT2D eigenvalue weighted by Gasteiger charge is -2.16. The number of carbonyl (C=O) groups is 1. The van der Waals surface area contributed by atoms with E-state index in [9.17, 15) is 4.79 Å². The Hall–Kier alpha value is -2.13. The Bertz CT molecular complexity index is 858. The second-order valence-electron chi connectivity index (χ2n) is 8.13. The molecule has 6 nitrogen and oxygen atoms in total. The number of halogens is 1. The molecule has 1 amide bonds. The molecule has 180 valence electrons. The van der Waals surface area contributed by atoms with Gasteiger partial charge in [0.25, 0.3) is 0 Å². The molecule has 2 aromatic rings. The van der Waals surface area contributed by atoms with Crippen molar-refractivity contribution in [3.63, 3.8) is 0 Å². The highest BCUT2D eigenvalue weighted by atomic mass is 127. The van der Waals surface area contributed by atoms with E-state index in [1.807, 2.05) is 23.1 Å². The maximum atomic E-state index is 11.8. The van der Waals surface area contributed by atoms with Crippen LogP contribution < -0.4 is 10.6 Å². The van der Waals surface area contributed by atoms with Gasteiger partial charge in [-0.1, -0.05) is 54.6 Å². The summed E-state index contributed by atoms with van der Waals surface area (Å²) in [5.74, 6) is 1.08. The number of hydrogen-bond acceptors (Lipinski definition) is 3. The standard InChI is InChI=1S/C26H36N4O2.HI/c1-3-27-26(28-16-8-18-32-21(2)24-9-5-4-6-10-24)29-19-22-12-14-23(15-13-22)20-30-17-7-11-25(30)31;/h4-6,9-10,12-15,21H,3,7-8,11,16-20H2,1-2H3,(H2,27,28,29);1H. The quantitative estimate of drug-likeness (QED) is 0.181. The van der Waals surface area contributed by atoms with Crippen molar-refractivity contribution >= 4 is 35.8 Å². The summed E-state index contributed by atoms with van der Waals surface area (Å²) in [5, 5.41) is 6.68. The molecule has 1 unspecified atom stereocenters. The Morgan fingerprint density at radius 3 is 2.48 bits per heavy atom. The summed E-state index contributed by atoms with van der Waals surface area (Å²) < 4.78 is 5.94. The van der Waals surface area contributed by atoms with Gasteiger partial charge in [-0.25, -0.2) is 4.99 Å². The molecule has 1 atom stereocenters. The molecule has 33 heavy (non-hydrogen) atoms. The van der Waals surface area contributed by atoms with Crippen LogP contribution in [0.15, 0.2) is 59.6 Å². The number of benzene rings is 2. The molecule has 1 aliphatic heterocycles. The summed E-state index contributed by atoms with van der Waals surface area (Å²) >= 11 is 0. The number of aliphatic imine (C=N–C) groups is 1. The van der Waals surface area contributed by atoms with Crippen molar-refractivity contribution in [3.05, 3.63) is 71.3 Å². The first-order valence-electron chi connectivity index (χ1n) is 11.7. The number of nitrogens with zero attached hydrogens (tertiary/aromatic N) is 2. The van der Waals surface area contributed by atoms with Gasteiger partial charge in [0.1, 0.15) is 0 Å². The van der Waals surface area contributed by atoms with Crippen LogP contribution in [-0.2, 0) is 22.6 Å². The van der Waals surface area contributed by atoms with E-state index < -0.39 is 0 Å². The third-order valence-electron chi connectivity index (χ3n) is 5.58. The van der Waals surface area contributed by atoms with Gasteiger partial charge in [0.2, 0.25) is 5.91 Å². The van der Waals surface area contributed by atoms with Crippen molar-refractivity contribution in [1.82, 2.24) is 15.5 Å². The molecule has 1 aliphatic rings. The predicted octanol–water partition coefficient (Wildman–Crippen LogP) is 4.65. The smallest absolute Gasteiger partial charge is 0.222 e. The molecular formula is C26H37IN4O2. The number of rotatable bonds is 11. The molecule has 0 aromatic heterocycles. The minimum absolute atomic E-state index is 0. The van der Waals surface area contributed by atoms with Gasteiger partial charge in [0.15, 0.2) is 5.96 Å². The van der Waals surface area contributed by atoms with E-state index in [0.717, 1.165) is 44.0 Å². The van der Waals surface area contributed by atoms with Gasteiger partial charge in [-0.05, 0) is 43.4 Å². The SMILES string of the molecule is CCNC(=NCc1ccc(CN2CCCC2=O)cc1)NCCCOC(C)c1ccccc1.I. The molecule has 0 saturated carbocycles. The summed E-state index contributed by atoms with van der Waals surface area (Å²) in [7, 11) is 0. The molecule has 3 rings (SSSR count). The Kier molecular flexibility index (Phi) is 12.2. The number of carbonyl (C=O) groups excluding carboxylic acids is 1. The van der Waals surface area contributed by atoms with Crippen LogP contribution in [0.25, 0.3) is 0 Å². The highest BCUT2D eigenvalue weighted by molar-refractivity contribution is 14.0. The van der Waals surface area contributed by atoms with Crippen LogP contribution in [0.4, 0.5) is 0 Å². The van der Waals surface area contributed by atoms with Crippen molar-refractivity contribution in [2.45, 2.75) is 52.3 Å². The molecule has 0 bridgehead atoms. The van der Waals surface area contributed by atoms with E-state index in [-0.39, 0.29) is 36.0 Å². The van der Waals surface area contributed by atoms with E-state index >= 15 is 0 Å². The largest absolute Gasteiger partial charge is 0.374 e. The first-order chi connectivity index (χ1) is 15.7. The molecule has 7 heteroatoms. The maximum Gasteiger partial charge on any atom is 0.222 e. The minimum atomic E-state index is 0. The lowest BCUT2D eigenvalue weighted by atomic mass is 10.1. The van der Waals surface area contributed by atoms with Crippen LogP contribution in [0.2, 0.25) is 0 Å². The summed E-state index contributed by atoms with van der Waals surface area (Å²) in [6, 6.07) is 18.7. The van der Waals surface area contributed by atoms with E-state index in [1.54, 1.807) is 0 Å². The summed E-state index contributed by atoms with van der Waals surface area (Å²) in [6.07, 6.45) is 2.67. The van der Waals surface area contributed by atoms with Gasteiger partial charge in [0, 0.05) is 39.2 Å². The Balaban J connectivity index is 0.00000385. The van der Waals surface area contributed by atoms with Crippen molar-refractivity contribution in [3.8, 4) is 0 Å². The molecule has 1 heterocycles. The van der Waals surface area contributed by atoms with Gasteiger partial charge in [-0.2, -0.15) is 0 Å². The number of nitrogens with one attached hydrogen (secondary N) is 2. The van der Waals surface area contributed by atoms with E-state index in [0.29, 0.717) is 26.1 Å². The van der Waals surface area contributed by atoms with Crippen molar-refractivity contribution in [2.75, 3.05) is 26.2 Å². The van der Waals surface area contributed by atoms with Crippen molar-refractivity contribution in [2.24, 2.45) is 4.99 Å². The topological polar surface area (TPSA) is 66.0 Å². The zero-order valence-corrected chi connectivity index (χ0v) is 22.1. The van der Waals surface area contributed by atoms with Gasteiger partial charge in [-0.15, -0.1) is 24.0 Å². The fourth-order valence-electron chi connectivity index (χ4n) is 3.71. The predicted molar refractivity (Wildman–Crippen MR) is 145 cm³/mol. The van der Waals surface area contributed by atoms with Crippen LogP contribution >= 0.6 is 24.0 Å². The zero-order valence-electron chi connectivity index (χ0n) is 19.8. The lowest BCUT2D eigenvalue weighted by molar-refractivity contribution is -0.128. The third-order valence-corrected chi connectivity index (χ3v) is 5.58. The molecule has 2 aromatic carbocycles.